The van der Waals surface area contributed by atoms with Gasteiger partial charge in [0.25, 0.3) is 0 Å². The Kier molecular flexibility index (Phi) is 6.52. The third kappa shape index (κ3) is 5.13. The van der Waals surface area contributed by atoms with Crippen molar-refractivity contribution in [2.45, 2.75) is 26.8 Å². The van der Waals surface area contributed by atoms with Crippen LogP contribution in [-0.4, -0.2) is 5.97 Å². The van der Waals surface area contributed by atoms with Crippen LogP contribution in [0.25, 0.3) is 0 Å². The SMILES string of the molecule is Cc1ccc(Nc2c(Cl)ccc(C)c2F)c(CC(=O)Oc2ccc(CN)cc2)c1. The minimum atomic E-state index is -0.424. The Morgan fingerprint density at radius 2 is 1.83 bits per heavy atom. The number of ether oxygens (including phenoxy) is 1. The Morgan fingerprint density at radius 3 is 2.52 bits per heavy atom. The molecule has 0 aliphatic heterocycles. The summed E-state index contributed by atoms with van der Waals surface area (Å²) in [5, 5.41) is 3.30. The van der Waals surface area contributed by atoms with E-state index in [0.717, 1.165) is 11.1 Å². The Labute approximate surface area is 174 Å². The van der Waals surface area contributed by atoms with E-state index < -0.39 is 11.8 Å². The molecule has 0 heterocycles. The Balaban J connectivity index is 1.81. The summed E-state index contributed by atoms with van der Waals surface area (Å²) in [6, 6.07) is 15.8. The van der Waals surface area contributed by atoms with E-state index in [0.29, 0.717) is 29.1 Å². The molecule has 0 atom stereocenters. The van der Waals surface area contributed by atoms with E-state index in [9.17, 15) is 9.18 Å². The van der Waals surface area contributed by atoms with Crippen LogP contribution in [0.1, 0.15) is 22.3 Å². The van der Waals surface area contributed by atoms with Crippen LogP contribution >= 0.6 is 11.6 Å². The van der Waals surface area contributed by atoms with E-state index in [1.54, 1.807) is 37.3 Å². The zero-order valence-electron chi connectivity index (χ0n) is 16.3. The third-order valence-electron chi connectivity index (χ3n) is 4.53. The maximum absolute atomic E-state index is 14.5. The second-order valence-electron chi connectivity index (χ2n) is 6.84. The first-order valence-electron chi connectivity index (χ1n) is 9.18. The number of rotatable bonds is 6. The number of carbonyl (C=O) groups excluding carboxylic acids is 1. The molecular formula is C23H22ClFN2O2. The number of hydrogen-bond acceptors (Lipinski definition) is 4. The van der Waals surface area contributed by atoms with Crippen molar-refractivity contribution in [3.05, 3.63) is 87.7 Å². The summed E-state index contributed by atoms with van der Waals surface area (Å²) in [4.78, 5) is 12.5. The first-order chi connectivity index (χ1) is 13.9. The average molecular weight is 413 g/mol. The maximum atomic E-state index is 14.5. The molecule has 0 aliphatic rings. The van der Waals surface area contributed by atoms with Crippen molar-refractivity contribution in [3.8, 4) is 5.75 Å². The predicted octanol–water partition coefficient (Wildman–Crippen LogP) is 5.45. The largest absolute Gasteiger partial charge is 0.426 e. The van der Waals surface area contributed by atoms with Gasteiger partial charge in [0.05, 0.1) is 17.1 Å². The third-order valence-corrected chi connectivity index (χ3v) is 4.85. The first kappa shape index (κ1) is 20.8. The van der Waals surface area contributed by atoms with Gasteiger partial charge in [-0.2, -0.15) is 0 Å². The van der Waals surface area contributed by atoms with Crippen molar-refractivity contribution in [2.75, 3.05) is 5.32 Å². The molecule has 0 aliphatic carbocycles. The number of benzene rings is 3. The van der Waals surface area contributed by atoms with Gasteiger partial charge < -0.3 is 15.8 Å². The highest BCUT2D eigenvalue weighted by atomic mass is 35.5. The molecule has 0 spiro atoms. The van der Waals surface area contributed by atoms with Crippen LogP contribution in [0, 0.1) is 19.7 Å². The number of aryl methyl sites for hydroxylation is 2. The first-order valence-corrected chi connectivity index (χ1v) is 9.56. The quantitative estimate of drug-likeness (QED) is 0.417. The van der Waals surface area contributed by atoms with Crippen LogP contribution < -0.4 is 15.8 Å². The number of anilines is 2. The fourth-order valence-electron chi connectivity index (χ4n) is 2.91. The molecule has 0 fully saturated rings. The molecule has 150 valence electrons. The highest BCUT2D eigenvalue weighted by Crippen LogP contribution is 2.32. The minimum absolute atomic E-state index is 0.0215. The lowest BCUT2D eigenvalue weighted by molar-refractivity contribution is -0.133. The van der Waals surface area contributed by atoms with Crippen LogP contribution in [0.4, 0.5) is 15.8 Å². The number of hydrogen-bond donors (Lipinski definition) is 2. The maximum Gasteiger partial charge on any atom is 0.315 e. The lowest BCUT2D eigenvalue weighted by Gasteiger charge is -2.15. The molecule has 0 radical (unpaired) electrons. The smallest absolute Gasteiger partial charge is 0.315 e. The van der Waals surface area contributed by atoms with Gasteiger partial charge in [0.2, 0.25) is 0 Å². The summed E-state index contributed by atoms with van der Waals surface area (Å²) in [7, 11) is 0. The van der Waals surface area contributed by atoms with Crippen molar-refractivity contribution in [3.63, 3.8) is 0 Å². The van der Waals surface area contributed by atoms with Crippen LogP contribution in [-0.2, 0) is 17.8 Å². The van der Waals surface area contributed by atoms with Gasteiger partial charge in [-0.25, -0.2) is 4.39 Å². The fourth-order valence-corrected chi connectivity index (χ4v) is 3.11. The van der Waals surface area contributed by atoms with Crippen molar-refractivity contribution in [1.82, 2.24) is 0 Å². The molecule has 0 unspecified atom stereocenters. The molecule has 0 amide bonds. The van der Waals surface area contributed by atoms with E-state index in [-0.39, 0.29) is 17.1 Å². The molecule has 0 saturated heterocycles. The fraction of sp³-hybridized carbons (Fsp3) is 0.174. The zero-order valence-corrected chi connectivity index (χ0v) is 17.0. The normalized spacial score (nSPS) is 10.7. The molecule has 4 nitrogen and oxygen atoms in total. The molecule has 0 saturated carbocycles. The number of halogens is 2. The van der Waals surface area contributed by atoms with Gasteiger partial charge >= 0.3 is 5.97 Å². The van der Waals surface area contributed by atoms with Gasteiger partial charge in [0, 0.05) is 12.2 Å². The lowest BCUT2D eigenvalue weighted by atomic mass is 10.1. The lowest BCUT2D eigenvalue weighted by Crippen LogP contribution is -2.13. The van der Waals surface area contributed by atoms with E-state index in [1.165, 1.54) is 0 Å². The Morgan fingerprint density at radius 1 is 1.10 bits per heavy atom. The minimum Gasteiger partial charge on any atom is -0.426 e. The van der Waals surface area contributed by atoms with Gasteiger partial charge in [-0.3, -0.25) is 4.79 Å². The molecule has 0 aromatic heterocycles. The van der Waals surface area contributed by atoms with Crippen LogP contribution in [0.5, 0.6) is 5.75 Å². The van der Waals surface area contributed by atoms with Crippen molar-refractivity contribution in [2.24, 2.45) is 5.73 Å². The number of nitrogens with two attached hydrogens (primary N) is 1. The van der Waals surface area contributed by atoms with Crippen LogP contribution in [0.2, 0.25) is 5.02 Å². The topological polar surface area (TPSA) is 64.3 Å². The predicted molar refractivity (Wildman–Crippen MR) is 114 cm³/mol. The van der Waals surface area contributed by atoms with Gasteiger partial charge in [0.1, 0.15) is 5.75 Å². The molecule has 0 bridgehead atoms. The van der Waals surface area contributed by atoms with Gasteiger partial charge in [0.15, 0.2) is 5.82 Å². The van der Waals surface area contributed by atoms with Crippen molar-refractivity contribution in [1.29, 1.82) is 0 Å². The number of carbonyl (C=O) groups is 1. The highest BCUT2D eigenvalue weighted by molar-refractivity contribution is 6.33. The Bertz CT molecular complexity index is 1040. The molecule has 3 N–H and O–H groups in total. The number of nitrogens with one attached hydrogen (secondary N) is 1. The summed E-state index contributed by atoms with van der Waals surface area (Å²) in [6.07, 6.45) is 0.0215. The van der Waals surface area contributed by atoms with Crippen molar-refractivity contribution >= 4 is 28.9 Å². The van der Waals surface area contributed by atoms with Crippen LogP contribution in [0.3, 0.4) is 0 Å². The molecule has 3 aromatic rings. The van der Waals surface area contributed by atoms with E-state index in [4.69, 9.17) is 22.1 Å². The summed E-state index contributed by atoms with van der Waals surface area (Å²) >= 11 is 6.17. The monoisotopic (exact) mass is 412 g/mol. The number of esters is 1. The summed E-state index contributed by atoms with van der Waals surface area (Å²) < 4.78 is 19.9. The van der Waals surface area contributed by atoms with E-state index in [2.05, 4.69) is 5.32 Å². The van der Waals surface area contributed by atoms with Crippen LogP contribution in [0.15, 0.2) is 54.6 Å². The molecule has 3 aromatic carbocycles. The van der Waals surface area contributed by atoms with E-state index in [1.807, 2.05) is 31.2 Å². The summed E-state index contributed by atoms with van der Waals surface area (Å²) in [6.45, 7) is 4.01. The Hall–Kier alpha value is -2.89. The van der Waals surface area contributed by atoms with E-state index >= 15 is 0 Å². The zero-order chi connectivity index (χ0) is 21.0. The van der Waals surface area contributed by atoms with Gasteiger partial charge in [-0.1, -0.05) is 47.5 Å². The second kappa shape index (κ2) is 9.07. The summed E-state index contributed by atoms with van der Waals surface area (Å²) in [5.41, 5.74) is 9.44. The molecular weight excluding hydrogens is 391 g/mol. The molecule has 3 rings (SSSR count). The molecule has 29 heavy (non-hydrogen) atoms. The van der Waals surface area contributed by atoms with Gasteiger partial charge in [-0.15, -0.1) is 0 Å². The second-order valence-corrected chi connectivity index (χ2v) is 7.24. The summed E-state index contributed by atoms with van der Waals surface area (Å²) in [5.74, 6) is -0.399. The standard InChI is InChI=1S/C23H22ClFN2O2/c1-14-3-10-20(27-23-19(24)9-4-15(2)22(23)25)17(11-14)12-21(28)29-18-7-5-16(13-26)6-8-18/h3-11,27H,12-13,26H2,1-2H3. The van der Waals surface area contributed by atoms with Crippen molar-refractivity contribution < 1.29 is 13.9 Å². The molecule has 6 heteroatoms. The average Bonchev–Trinajstić information content (AvgIpc) is 2.70. The highest BCUT2D eigenvalue weighted by Gasteiger charge is 2.15. The van der Waals surface area contributed by atoms with Gasteiger partial charge in [-0.05, 0) is 54.8 Å².